The van der Waals surface area contributed by atoms with E-state index in [1.165, 1.54) is 11.2 Å². The zero-order valence-corrected chi connectivity index (χ0v) is 8.97. The molecule has 3 rings (SSSR count). The van der Waals surface area contributed by atoms with E-state index in [-0.39, 0.29) is 11.3 Å². The molecular formula is C11H12N4O. The van der Waals surface area contributed by atoms with Crippen molar-refractivity contribution in [3.63, 3.8) is 0 Å². The van der Waals surface area contributed by atoms with Crippen LogP contribution in [-0.4, -0.2) is 16.6 Å². The van der Waals surface area contributed by atoms with E-state index in [0.717, 1.165) is 18.6 Å². The fraction of sp³-hybridized carbons (Fsp3) is 0.364. The third kappa shape index (κ3) is 1.08. The van der Waals surface area contributed by atoms with Gasteiger partial charge in [-0.3, -0.25) is 4.79 Å². The highest BCUT2D eigenvalue weighted by atomic mass is 16.2. The van der Waals surface area contributed by atoms with E-state index in [2.05, 4.69) is 10.1 Å². The smallest absolute Gasteiger partial charge is 0.260 e. The van der Waals surface area contributed by atoms with Gasteiger partial charge < -0.3 is 5.73 Å². The minimum absolute atomic E-state index is 0.0438. The van der Waals surface area contributed by atoms with Crippen LogP contribution < -0.4 is 10.7 Å². The lowest BCUT2D eigenvalue weighted by atomic mass is 10.0. The summed E-state index contributed by atoms with van der Waals surface area (Å²) in [5.74, 6) is 0.588. The second-order valence-electron chi connectivity index (χ2n) is 4.33. The molecule has 0 atom stereocenters. The summed E-state index contributed by atoms with van der Waals surface area (Å²) in [5, 5.41) is 5.67. The van der Waals surface area contributed by atoms with Gasteiger partial charge in [-0.1, -0.05) is 0 Å². The maximum Gasteiger partial charge on any atom is 0.260 e. The van der Waals surface area contributed by atoms with Crippen molar-refractivity contribution in [1.29, 1.82) is 0 Å². The lowest BCUT2D eigenvalue weighted by Gasteiger charge is -2.12. The van der Waals surface area contributed by atoms with E-state index < -0.39 is 0 Å². The predicted octanol–water partition coefficient (Wildman–Crippen LogP) is 1.17. The van der Waals surface area contributed by atoms with Crippen LogP contribution in [0.1, 0.15) is 19.8 Å². The Labute approximate surface area is 93.0 Å². The summed E-state index contributed by atoms with van der Waals surface area (Å²) < 4.78 is 0. The third-order valence-corrected chi connectivity index (χ3v) is 3.28. The van der Waals surface area contributed by atoms with Gasteiger partial charge >= 0.3 is 0 Å². The monoisotopic (exact) mass is 216 g/mol. The van der Waals surface area contributed by atoms with E-state index in [1.54, 1.807) is 12.1 Å². The molecule has 1 amide bonds. The van der Waals surface area contributed by atoms with Gasteiger partial charge in [-0.15, -0.1) is 0 Å². The molecule has 2 N–H and O–H groups in total. The number of nitrogens with zero attached hydrogens (tertiary/aromatic N) is 3. The number of hydrogen-bond donors (Lipinski definition) is 1. The van der Waals surface area contributed by atoms with Gasteiger partial charge in [0.15, 0.2) is 5.82 Å². The number of amides is 1. The van der Waals surface area contributed by atoms with Gasteiger partial charge in [0.1, 0.15) is 0 Å². The number of anilines is 2. The molecule has 0 radical (unpaired) electrons. The van der Waals surface area contributed by atoms with Crippen molar-refractivity contribution in [2.24, 2.45) is 10.5 Å². The van der Waals surface area contributed by atoms with Gasteiger partial charge in [-0.25, -0.2) is 4.98 Å². The Bertz CT molecular complexity index is 487. The van der Waals surface area contributed by atoms with Crippen LogP contribution in [0.2, 0.25) is 0 Å². The van der Waals surface area contributed by atoms with Crippen molar-refractivity contribution in [2.45, 2.75) is 19.8 Å². The first-order valence-electron chi connectivity index (χ1n) is 5.25. The van der Waals surface area contributed by atoms with Crippen LogP contribution in [-0.2, 0) is 4.79 Å². The Balaban J connectivity index is 1.98. The van der Waals surface area contributed by atoms with Crippen molar-refractivity contribution in [3.8, 4) is 0 Å². The molecule has 1 aliphatic heterocycles. The van der Waals surface area contributed by atoms with Gasteiger partial charge in [-0.2, -0.15) is 10.1 Å². The summed E-state index contributed by atoms with van der Waals surface area (Å²) in [5.41, 5.74) is 6.73. The number of carbonyl (C=O) groups is 1. The lowest BCUT2D eigenvalue weighted by Crippen LogP contribution is -2.28. The molecule has 0 saturated heterocycles. The largest absolute Gasteiger partial charge is 0.397 e. The number of hydrazone groups is 1. The number of aromatic nitrogens is 1. The van der Waals surface area contributed by atoms with Crippen LogP contribution in [0, 0.1) is 5.41 Å². The average molecular weight is 216 g/mol. The number of carbonyl (C=O) groups excluding carboxylic acids is 1. The van der Waals surface area contributed by atoms with Crippen molar-refractivity contribution < 1.29 is 4.79 Å². The van der Waals surface area contributed by atoms with Crippen LogP contribution in [0.4, 0.5) is 11.5 Å². The number of hydrogen-bond acceptors (Lipinski definition) is 4. The first-order chi connectivity index (χ1) is 7.63. The van der Waals surface area contributed by atoms with Gasteiger partial charge in [0.05, 0.1) is 23.0 Å². The zero-order valence-electron chi connectivity index (χ0n) is 8.97. The summed E-state index contributed by atoms with van der Waals surface area (Å²) in [4.78, 5) is 16.2. The second-order valence-corrected chi connectivity index (χ2v) is 4.33. The molecule has 0 bridgehead atoms. The molecule has 2 aliphatic rings. The topological polar surface area (TPSA) is 71.6 Å². The molecular weight excluding hydrogens is 204 g/mol. The Kier molecular flexibility index (Phi) is 1.64. The molecule has 5 heteroatoms. The number of rotatable bonds is 1. The van der Waals surface area contributed by atoms with E-state index >= 15 is 0 Å². The zero-order chi connectivity index (χ0) is 11.3. The first-order valence-corrected chi connectivity index (χ1v) is 5.25. The number of nitrogens with two attached hydrogens (primary N) is 1. The fourth-order valence-electron chi connectivity index (χ4n) is 2.03. The molecule has 0 aromatic carbocycles. The van der Waals surface area contributed by atoms with Gasteiger partial charge in [-0.05, 0) is 31.9 Å². The third-order valence-electron chi connectivity index (χ3n) is 3.28. The number of pyridine rings is 1. The highest BCUT2D eigenvalue weighted by Gasteiger charge is 2.58. The molecule has 1 fully saturated rings. The summed E-state index contributed by atoms with van der Waals surface area (Å²) in [6.45, 7) is 1.90. The lowest BCUT2D eigenvalue weighted by molar-refractivity contribution is -0.120. The first kappa shape index (κ1) is 9.33. The molecule has 1 saturated carbocycles. The molecule has 1 spiro atoms. The molecule has 16 heavy (non-hydrogen) atoms. The summed E-state index contributed by atoms with van der Waals surface area (Å²) in [7, 11) is 0. The normalized spacial score (nSPS) is 21.4. The molecule has 5 nitrogen and oxygen atoms in total. The van der Waals surface area contributed by atoms with Gasteiger partial charge in [0.25, 0.3) is 5.91 Å². The Morgan fingerprint density at radius 1 is 1.44 bits per heavy atom. The van der Waals surface area contributed by atoms with E-state index in [9.17, 15) is 4.79 Å². The summed E-state index contributed by atoms with van der Waals surface area (Å²) >= 11 is 0. The van der Waals surface area contributed by atoms with Gasteiger partial charge in [0, 0.05) is 0 Å². The fourth-order valence-corrected chi connectivity index (χ4v) is 2.03. The van der Waals surface area contributed by atoms with E-state index in [1.807, 2.05) is 6.92 Å². The maximum atomic E-state index is 12.1. The van der Waals surface area contributed by atoms with Crippen LogP contribution in [0.3, 0.4) is 0 Å². The van der Waals surface area contributed by atoms with Crippen LogP contribution in [0.5, 0.6) is 0 Å². The van der Waals surface area contributed by atoms with Crippen LogP contribution in [0.15, 0.2) is 23.4 Å². The average Bonchev–Trinajstić information content (AvgIpc) is 3.03. The standard InChI is InChI=1S/C11H12N4O/c1-7-11(4-5-11)10(16)15(14-7)9-3-2-8(12)6-13-9/h2-3,6H,4-5,12H2,1H3. The molecule has 82 valence electrons. The summed E-state index contributed by atoms with van der Waals surface area (Å²) in [6, 6.07) is 3.43. The van der Waals surface area contributed by atoms with Gasteiger partial charge in [0.2, 0.25) is 0 Å². The van der Waals surface area contributed by atoms with Crippen LogP contribution in [0.25, 0.3) is 0 Å². The molecule has 2 heterocycles. The van der Waals surface area contributed by atoms with Crippen molar-refractivity contribution in [3.05, 3.63) is 18.3 Å². The van der Waals surface area contributed by atoms with E-state index in [4.69, 9.17) is 5.73 Å². The van der Waals surface area contributed by atoms with E-state index in [0.29, 0.717) is 11.5 Å². The second kappa shape index (κ2) is 2.81. The van der Waals surface area contributed by atoms with Crippen molar-refractivity contribution in [2.75, 3.05) is 10.7 Å². The quantitative estimate of drug-likeness (QED) is 0.765. The molecule has 0 unspecified atom stereocenters. The Hall–Kier alpha value is -1.91. The van der Waals surface area contributed by atoms with Crippen molar-refractivity contribution in [1.82, 2.24) is 4.98 Å². The minimum atomic E-state index is -0.303. The highest BCUT2D eigenvalue weighted by molar-refractivity contribution is 6.20. The minimum Gasteiger partial charge on any atom is -0.397 e. The molecule has 1 aliphatic carbocycles. The molecule has 1 aromatic rings. The van der Waals surface area contributed by atoms with Crippen molar-refractivity contribution >= 4 is 23.1 Å². The maximum absolute atomic E-state index is 12.1. The molecule has 1 aromatic heterocycles. The Morgan fingerprint density at radius 3 is 2.69 bits per heavy atom. The Morgan fingerprint density at radius 2 is 2.19 bits per heavy atom. The van der Waals surface area contributed by atoms with Crippen LogP contribution >= 0.6 is 0 Å². The summed E-state index contributed by atoms with van der Waals surface area (Å²) in [6.07, 6.45) is 3.35. The predicted molar refractivity (Wildman–Crippen MR) is 60.9 cm³/mol. The SMILES string of the molecule is CC1=NN(c2ccc(N)cn2)C(=O)C12CC2. The highest BCUT2D eigenvalue weighted by Crippen LogP contribution is 2.52. The number of nitrogen functional groups attached to an aromatic ring is 1.